The molecule has 0 unspecified atom stereocenters. The highest BCUT2D eigenvalue weighted by Crippen LogP contribution is 2.15. The van der Waals surface area contributed by atoms with Crippen molar-refractivity contribution in [3.63, 3.8) is 0 Å². The molecule has 0 aliphatic heterocycles. The summed E-state index contributed by atoms with van der Waals surface area (Å²) >= 11 is 0. The molecule has 4 heteroatoms. The van der Waals surface area contributed by atoms with E-state index >= 15 is 0 Å². The Bertz CT molecular complexity index is 594. The molecule has 98 valence electrons. The van der Waals surface area contributed by atoms with Crippen molar-refractivity contribution in [2.75, 3.05) is 0 Å². The Balaban J connectivity index is 2.07. The minimum atomic E-state index is -0.203. The third kappa shape index (κ3) is 3.16. The summed E-state index contributed by atoms with van der Waals surface area (Å²) < 4.78 is 0. The van der Waals surface area contributed by atoms with Crippen LogP contribution >= 0.6 is 0 Å². The average molecular weight is 255 g/mol. The lowest BCUT2D eigenvalue weighted by atomic mass is 10.0. The van der Waals surface area contributed by atoms with Gasteiger partial charge in [0.05, 0.1) is 6.20 Å². The third-order valence-corrected chi connectivity index (χ3v) is 3.19. The Labute approximate surface area is 112 Å². The van der Waals surface area contributed by atoms with Gasteiger partial charge >= 0.3 is 0 Å². The number of aryl methyl sites for hydroxylation is 3. The van der Waals surface area contributed by atoms with Crippen LogP contribution in [0, 0.1) is 20.8 Å². The van der Waals surface area contributed by atoms with Gasteiger partial charge in [0, 0.05) is 18.9 Å². The zero-order valence-corrected chi connectivity index (χ0v) is 11.4. The topological polar surface area (TPSA) is 54.9 Å². The van der Waals surface area contributed by atoms with Crippen LogP contribution in [-0.4, -0.2) is 15.9 Å². The van der Waals surface area contributed by atoms with Gasteiger partial charge in [-0.05, 0) is 43.0 Å². The van der Waals surface area contributed by atoms with Crippen LogP contribution in [0.1, 0.15) is 32.7 Å². The number of aromatic nitrogens is 2. The van der Waals surface area contributed by atoms with E-state index in [1.165, 1.54) is 29.1 Å². The van der Waals surface area contributed by atoms with E-state index in [1.54, 1.807) is 6.20 Å². The maximum atomic E-state index is 11.9. The minimum absolute atomic E-state index is 0.203. The van der Waals surface area contributed by atoms with Crippen LogP contribution in [0.25, 0.3) is 0 Å². The molecule has 1 N–H and O–H groups in total. The summed E-state index contributed by atoms with van der Waals surface area (Å²) in [5.41, 5.74) is 5.14. The van der Waals surface area contributed by atoms with E-state index in [0.29, 0.717) is 12.2 Å². The lowest BCUT2D eigenvalue weighted by Crippen LogP contribution is -2.24. The van der Waals surface area contributed by atoms with E-state index in [4.69, 9.17) is 0 Å². The van der Waals surface area contributed by atoms with Crippen molar-refractivity contribution in [2.45, 2.75) is 27.3 Å². The number of hydrogen-bond acceptors (Lipinski definition) is 3. The summed E-state index contributed by atoms with van der Waals surface area (Å²) in [5, 5.41) is 2.86. The van der Waals surface area contributed by atoms with Gasteiger partial charge < -0.3 is 5.32 Å². The number of amides is 1. The summed E-state index contributed by atoms with van der Waals surface area (Å²) in [7, 11) is 0. The van der Waals surface area contributed by atoms with Crippen LogP contribution in [-0.2, 0) is 6.54 Å². The SMILES string of the molecule is Cc1cc(C)c(CNC(=O)c2cnccn2)cc1C. The fourth-order valence-corrected chi connectivity index (χ4v) is 1.89. The van der Waals surface area contributed by atoms with Crippen LogP contribution in [0.5, 0.6) is 0 Å². The van der Waals surface area contributed by atoms with Crippen molar-refractivity contribution in [1.82, 2.24) is 15.3 Å². The molecule has 0 spiro atoms. The number of nitrogens with zero attached hydrogens (tertiary/aromatic N) is 2. The van der Waals surface area contributed by atoms with Crippen molar-refractivity contribution >= 4 is 5.91 Å². The Morgan fingerprint density at radius 1 is 1.11 bits per heavy atom. The van der Waals surface area contributed by atoms with Crippen molar-refractivity contribution in [1.29, 1.82) is 0 Å². The van der Waals surface area contributed by atoms with Gasteiger partial charge in [0.25, 0.3) is 5.91 Å². The second-order valence-electron chi connectivity index (χ2n) is 4.64. The first-order valence-corrected chi connectivity index (χ1v) is 6.19. The second-order valence-corrected chi connectivity index (χ2v) is 4.64. The summed E-state index contributed by atoms with van der Waals surface area (Å²) in [6, 6.07) is 4.25. The summed E-state index contributed by atoms with van der Waals surface area (Å²) in [5.74, 6) is -0.203. The first-order chi connectivity index (χ1) is 9.08. The highest BCUT2D eigenvalue weighted by atomic mass is 16.1. The number of rotatable bonds is 3. The molecular weight excluding hydrogens is 238 g/mol. The Kier molecular flexibility index (Phi) is 3.90. The van der Waals surface area contributed by atoms with E-state index in [-0.39, 0.29) is 5.91 Å². The zero-order valence-electron chi connectivity index (χ0n) is 11.4. The van der Waals surface area contributed by atoms with Crippen molar-refractivity contribution < 1.29 is 4.79 Å². The first kappa shape index (κ1) is 13.2. The second kappa shape index (κ2) is 5.61. The molecule has 2 aromatic rings. The maximum absolute atomic E-state index is 11.9. The fraction of sp³-hybridized carbons (Fsp3) is 0.267. The summed E-state index contributed by atoms with van der Waals surface area (Å²) in [6.07, 6.45) is 4.52. The molecule has 0 bridgehead atoms. The number of carbonyl (C=O) groups is 1. The zero-order chi connectivity index (χ0) is 13.8. The normalized spacial score (nSPS) is 10.3. The summed E-state index contributed by atoms with van der Waals surface area (Å²) in [6.45, 7) is 6.71. The van der Waals surface area contributed by atoms with Crippen molar-refractivity contribution in [2.24, 2.45) is 0 Å². The molecule has 19 heavy (non-hydrogen) atoms. The predicted octanol–water partition coefficient (Wildman–Crippen LogP) is 2.33. The Morgan fingerprint density at radius 3 is 2.53 bits per heavy atom. The monoisotopic (exact) mass is 255 g/mol. The van der Waals surface area contributed by atoms with E-state index in [1.807, 2.05) is 0 Å². The van der Waals surface area contributed by atoms with Crippen LogP contribution in [0.3, 0.4) is 0 Å². The van der Waals surface area contributed by atoms with Gasteiger partial charge in [-0.1, -0.05) is 12.1 Å². The number of hydrogen-bond donors (Lipinski definition) is 1. The quantitative estimate of drug-likeness (QED) is 0.915. The van der Waals surface area contributed by atoms with Gasteiger partial charge in [-0.3, -0.25) is 9.78 Å². The highest BCUT2D eigenvalue weighted by Gasteiger charge is 2.08. The van der Waals surface area contributed by atoms with Gasteiger partial charge in [-0.25, -0.2) is 4.98 Å². The van der Waals surface area contributed by atoms with Gasteiger partial charge in [0.15, 0.2) is 0 Å². The molecule has 0 aliphatic rings. The molecule has 1 amide bonds. The number of benzene rings is 1. The number of carbonyl (C=O) groups excluding carboxylic acids is 1. The fourth-order valence-electron chi connectivity index (χ4n) is 1.89. The lowest BCUT2D eigenvalue weighted by molar-refractivity contribution is 0.0945. The van der Waals surface area contributed by atoms with Crippen LogP contribution in [0.4, 0.5) is 0 Å². The molecule has 4 nitrogen and oxygen atoms in total. The van der Waals surface area contributed by atoms with E-state index in [9.17, 15) is 4.79 Å². The maximum Gasteiger partial charge on any atom is 0.271 e. The van der Waals surface area contributed by atoms with Crippen LogP contribution in [0.15, 0.2) is 30.7 Å². The molecular formula is C15H17N3O. The minimum Gasteiger partial charge on any atom is -0.347 e. The Hall–Kier alpha value is -2.23. The predicted molar refractivity (Wildman–Crippen MR) is 73.9 cm³/mol. The van der Waals surface area contributed by atoms with Gasteiger partial charge in [0.2, 0.25) is 0 Å². The van der Waals surface area contributed by atoms with Gasteiger partial charge in [-0.15, -0.1) is 0 Å². The smallest absolute Gasteiger partial charge is 0.271 e. The molecule has 0 saturated heterocycles. The largest absolute Gasteiger partial charge is 0.347 e. The standard InChI is InChI=1S/C15H17N3O/c1-10-6-12(3)13(7-11(10)2)8-18-15(19)14-9-16-4-5-17-14/h4-7,9H,8H2,1-3H3,(H,18,19). The molecule has 0 atom stereocenters. The first-order valence-electron chi connectivity index (χ1n) is 6.19. The average Bonchev–Trinajstić information content (AvgIpc) is 2.42. The van der Waals surface area contributed by atoms with Gasteiger partial charge in [0.1, 0.15) is 5.69 Å². The van der Waals surface area contributed by atoms with Crippen molar-refractivity contribution in [3.8, 4) is 0 Å². The lowest BCUT2D eigenvalue weighted by Gasteiger charge is -2.10. The molecule has 2 rings (SSSR count). The molecule has 0 radical (unpaired) electrons. The third-order valence-electron chi connectivity index (χ3n) is 3.19. The van der Waals surface area contributed by atoms with Crippen molar-refractivity contribution in [3.05, 3.63) is 58.7 Å². The molecule has 1 aromatic carbocycles. The van der Waals surface area contributed by atoms with Crippen LogP contribution < -0.4 is 5.32 Å². The van der Waals surface area contributed by atoms with E-state index in [2.05, 4.69) is 48.2 Å². The number of nitrogens with one attached hydrogen (secondary N) is 1. The van der Waals surface area contributed by atoms with E-state index < -0.39 is 0 Å². The molecule has 1 heterocycles. The van der Waals surface area contributed by atoms with Crippen LogP contribution in [0.2, 0.25) is 0 Å². The molecule has 0 saturated carbocycles. The summed E-state index contributed by atoms with van der Waals surface area (Å²) in [4.78, 5) is 19.7. The van der Waals surface area contributed by atoms with E-state index in [0.717, 1.165) is 5.56 Å². The molecule has 1 aromatic heterocycles. The molecule has 0 fully saturated rings. The Morgan fingerprint density at radius 2 is 1.84 bits per heavy atom. The molecule has 0 aliphatic carbocycles. The highest BCUT2D eigenvalue weighted by molar-refractivity contribution is 5.91. The van der Waals surface area contributed by atoms with Gasteiger partial charge in [-0.2, -0.15) is 0 Å².